The molecule has 0 saturated carbocycles. The second kappa shape index (κ2) is 7.27. The van der Waals surface area contributed by atoms with Crippen LogP contribution in [-0.2, 0) is 4.79 Å². The van der Waals surface area contributed by atoms with E-state index in [0.29, 0.717) is 11.6 Å². The summed E-state index contributed by atoms with van der Waals surface area (Å²) in [5.41, 5.74) is 0.719. The Balaban J connectivity index is 2.25. The van der Waals surface area contributed by atoms with Gasteiger partial charge in [-0.1, -0.05) is 17.7 Å². The van der Waals surface area contributed by atoms with Gasteiger partial charge in [-0.2, -0.15) is 0 Å². The summed E-state index contributed by atoms with van der Waals surface area (Å²) in [4.78, 5) is 13.6. The summed E-state index contributed by atoms with van der Waals surface area (Å²) >= 11 is 5.82. The molecule has 0 bridgehead atoms. The minimum Gasteiger partial charge on any atom is -0.325 e. The molecule has 1 aromatic carbocycles. The molecule has 94 valence electrons. The third kappa shape index (κ3) is 6.26. The average molecular weight is 256 g/mol. The van der Waals surface area contributed by atoms with Gasteiger partial charge in [0.15, 0.2) is 0 Å². The maximum Gasteiger partial charge on any atom is 0.238 e. The van der Waals surface area contributed by atoms with Gasteiger partial charge in [0, 0.05) is 23.8 Å². The molecule has 0 radical (unpaired) electrons. The molecule has 0 fully saturated rings. The average Bonchev–Trinajstić information content (AvgIpc) is 2.24. The first kappa shape index (κ1) is 14.0. The van der Waals surface area contributed by atoms with E-state index in [1.54, 1.807) is 18.2 Å². The van der Waals surface area contributed by atoms with Crippen LogP contribution >= 0.6 is 11.6 Å². The Morgan fingerprint density at radius 3 is 2.82 bits per heavy atom. The number of nitrogens with one attached hydrogen (secondary N) is 2. The predicted octanol–water partition coefficient (Wildman–Crippen LogP) is 1.43. The van der Waals surface area contributed by atoms with Crippen molar-refractivity contribution in [2.45, 2.75) is 0 Å². The molecule has 0 aliphatic carbocycles. The number of hydrogen-bond acceptors (Lipinski definition) is 3. The summed E-state index contributed by atoms with van der Waals surface area (Å²) in [5.74, 6) is -0.0639. The van der Waals surface area contributed by atoms with E-state index in [2.05, 4.69) is 15.5 Å². The maximum atomic E-state index is 11.5. The molecule has 1 amide bonds. The normalized spacial score (nSPS) is 10.6. The predicted molar refractivity (Wildman–Crippen MR) is 71.5 cm³/mol. The first-order valence-corrected chi connectivity index (χ1v) is 5.86. The van der Waals surface area contributed by atoms with E-state index in [0.717, 1.165) is 18.8 Å². The van der Waals surface area contributed by atoms with Crippen LogP contribution in [0.5, 0.6) is 0 Å². The Bertz CT molecular complexity index is 369. The number of halogens is 1. The lowest BCUT2D eigenvalue weighted by atomic mass is 10.3. The Labute approximate surface area is 107 Å². The fraction of sp³-hybridized carbons (Fsp3) is 0.417. The molecule has 0 saturated heterocycles. The van der Waals surface area contributed by atoms with Crippen molar-refractivity contribution >= 4 is 23.2 Å². The van der Waals surface area contributed by atoms with Crippen LogP contribution in [0.2, 0.25) is 5.02 Å². The van der Waals surface area contributed by atoms with Crippen LogP contribution in [0.4, 0.5) is 5.69 Å². The van der Waals surface area contributed by atoms with Crippen molar-refractivity contribution < 1.29 is 4.79 Å². The van der Waals surface area contributed by atoms with Crippen LogP contribution in [0.15, 0.2) is 24.3 Å². The lowest BCUT2D eigenvalue weighted by molar-refractivity contribution is -0.115. The molecule has 0 aromatic heterocycles. The van der Waals surface area contributed by atoms with E-state index in [9.17, 15) is 4.79 Å². The first-order chi connectivity index (χ1) is 8.08. The fourth-order valence-electron chi connectivity index (χ4n) is 1.28. The fourth-order valence-corrected chi connectivity index (χ4v) is 1.47. The molecule has 0 aliphatic rings. The molecule has 0 atom stereocenters. The van der Waals surface area contributed by atoms with Gasteiger partial charge in [0.25, 0.3) is 0 Å². The van der Waals surface area contributed by atoms with Gasteiger partial charge < -0.3 is 15.5 Å². The molecule has 0 unspecified atom stereocenters. The molecule has 0 heterocycles. The third-order valence-electron chi connectivity index (χ3n) is 2.13. The SMILES string of the molecule is CN(C)CCNCC(=O)Nc1cccc(Cl)c1. The summed E-state index contributed by atoms with van der Waals surface area (Å²) in [5, 5.41) is 6.45. The van der Waals surface area contributed by atoms with Crippen LogP contribution < -0.4 is 10.6 Å². The zero-order valence-electron chi connectivity index (χ0n) is 10.2. The lowest BCUT2D eigenvalue weighted by Crippen LogP contribution is -2.33. The van der Waals surface area contributed by atoms with Crippen LogP contribution in [0.25, 0.3) is 0 Å². The van der Waals surface area contributed by atoms with Gasteiger partial charge in [0.2, 0.25) is 5.91 Å². The minimum absolute atomic E-state index is 0.0639. The summed E-state index contributed by atoms with van der Waals surface area (Å²) in [7, 11) is 3.99. The van der Waals surface area contributed by atoms with Gasteiger partial charge >= 0.3 is 0 Å². The number of carbonyl (C=O) groups is 1. The molecule has 17 heavy (non-hydrogen) atoms. The quantitative estimate of drug-likeness (QED) is 0.756. The van der Waals surface area contributed by atoms with Crippen molar-refractivity contribution in [3.05, 3.63) is 29.3 Å². The number of hydrogen-bond donors (Lipinski definition) is 2. The number of nitrogens with zero attached hydrogens (tertiary/aromatic N) is 1. The number of rotatable bonds is 6. The van der Waals surface area contributed by atoms with Gasteiger partial charge in [-0.3, -0.25) is 4.79 Å². The van der Waals surface area contributed by atoms with Crippen molar-refractivity contribution in [2.24, 2.45) is 0 Å². The molecular formula is C12H18ClN3O. The van der Waals surface area contributed by atoms with Gasteiger partial charge in [-0.05, 0) is 32.3 Å². The smallest absolute Gasteiger partial charge is 0.238 e. The molecule has 1 aromatic rings. The van der Waals surface area contributed by atoms with E-state index >= 15 is 0 Å². The highest BCUT2D eigenvalue weighted by Crippen LogP contribution is 2.14. The number of benzene rings is 1. The molecule has 5 heteroatoms. The first-order valence-electron chi connectivity index (χ1n) is 5.49. The van der Waals surface area contributed by atoms with E-state index in [-0.39, 0.29) is 5.91 Å². The van der Waals surface area contributed by atoms with Gasteiger partial charge in [-0.25, -0.2) is 0 Å². The second-order valence-corrected chi connectivity index (χ2v) is 4.48. The second-order valence-electron chi connectivity index (χ2n) is 4.04. The molecule has 0 aliphatic heterocycles. The largest absolute Gasteiger partial charge is 0.325 e. The zero-order valence-corrected chi connectivity index (χ0v) is 10.9. The highest BCUT2D eigenvalue weighted by Gasteiger charge is 2.01. The number of carbonyl (C=O) groups excluding carboxylic acids is 1. The summed E-state index contributed by atoms with van der Waals surface area (Å²) in [6.45, 7) is 2.00. The maximum absolute atomic E-state index is 11.5. The van der Waals surface area contributed by atoms with Crippen molar-refractivity contribution in [1.29, 1.82) is 0 Å². The van der Waals surface area contributed by atoms with E-state index in [4.69, 9.17) is 11.6 Å². The Morgan fingerprint density at radius 2 is 2.18 bits per heavy atom. The Kier molecular flexibility index (Phi) is 5.97. The number of likely N-dealkylation sites (N-methyl/N-ethyl adjacent to an activating group) is 1. The standard InChI is InChI=1S/C12H18ClN3O/c1-16(2)7-6-14-9-12(17)15-11-5-3-4-10(13)8-11/h3-5,8,14H,6-7,9H2,1-2H3,(H,15,17). The summed E-state index contributed by atoms with van der Waals surface area (Å²) in [6.07, 6.45) is 0. The van der Waals surface area contributed by atoms with Crippen LogP contribution in [-0.4, -0.2) is 44.5 Å². The van der Waals surface area contributed by atoms with Crippen LogP contribution in [0.3, 0.4) is 0 Å². The molecule has 0 spiro atoms. The minimum atomic E-state index is -0.0639. The molecule has 2 N–H and O–H groups in total. The number of anilines is 1. The topological polar surface area (TPSA) is 44.4 Å². The molecular weight excluding hydrogens is 238 g/mol. The van der Waals surface area contributed by atoms with E-state index < -0.39 is 0 Å². The Morgan fingerprint density at radius 1 is 1.41 bits per heavy atom. The van der Waals surface area contributed by atoms with Crippen molar-refractivity contribution in [2.75, 3.05) is 39.0 Å². The molecule has 4 nitrogen and oxygen atoms in total. The van der Waals surface area contributed by atoms with Gasteiger partial charge in [0.05, 0.1) is 6.54 Å². The van der Waals surface area contributed by atoms with Crippen molar-refractivity contribution in [1.82, 2.24) is 10.2 Å². The lowest BCUT2D eigenvalue weighted by Gasteiger charge is -2.10. The monoisotopic (exact) mass is 255 g/mol. The zero-order chi connectivity index (χ0) is 12.7. The van der Waals surface area contributed by atoms with Crippen LogP contribution in [0.1, 0.15) is 0 Å². The van der Waals surface area contributed by atoms with Crippen LogP contribution in [0, 0.1) is 0 Å². The Hall–Kier alpha value is -1.10. The summed E-state index contributed by atoms with van der Waals surface area (Å²) in [6, 6.07) is 7.10. The van der Waals surface area contributed by atoms with Gasteiger partial charge in [0.1, 0.15) is 0 Å². The van der Waals surface area contributed by atoms with Gasteiger partial charge in [-0.15, -0.1) is 0 Å². The number of amides is 1. The van der Waals surface area contributed by atoms with Crippen molar-refractivity contribution in [3.8, 4) is 0 Å². The van der Waals surface area contributed by atoms with Crippen molar-refractivity contribution in [3.63, 3.8) is 0 Å². The van der Waals surface area contributed by atoms with E-state index in [1.807, 2.05) is 20.2 Å². The van der Waals surface area contributed by atoms with E-state index in [1.165, 1.54) is 0 Å². The highest BCUT2D eigenvalue weighted by molar-refractivity contribution is 6.30. The highest BCUT2D eigenvalue weighted by atomic mass is 35.5. The summed E-state index contributed by atoms with van der Waals surface area (Å²) < 4.78 is 0. The molecule has 1 rings (SSSR count). The third-order valence-corrected chi connectivity index (χ3v) is 2.36.